The number of fused-ring (bicyclic) bond motifs is 3. The van der Waals surface area contributed by atoms with Gasteiger partial charge in [0.15, 0.2) is 0 Å². The van der Waals surface area contributed by atoms with Gasteiger partial charge in [-0.05, 0) is 36.6 Å². The fourth-order valence-corrected chi connectivity index (χ4v) is 4.17. The predicted octanol–water partition coefficient (Wildman–Crippen LogP) is 4.11. The summed E-state index contributed by atoms with van der Waals surface area (Å²) in [6.45, 7) is 7.55. The minimum Gasteiger partial charge on any atom is -0.494 e. The molecule has 190 valence electrons. The van der Waals surface area contributed by atoms with Crippen molar-refractivity contribution in [1.82, 2.24) is 5.32 Å². The van der Waals surface area contributed by atoms with Gasteiger partial charge in [-0.2, -0.15) is 0 Å². The lowest BCUT2D eigenvalue weighted by Gasteiger charge is -2.55. The summed E-state index contributed by atoms with van der Waals surface area (Å²) >= 11 is 0. The minimum atomic E-state index is -1.65. The number of carbonyl (C=O) groups is 1. The Balaban J connectivity index is 1.54. The maximum Gasteiger partial charge on any atom is 0.408 e. The van der Waals surface area contributed by atoms with Crippen molar-refractivity contribution in [2.24, 2.45) is 5.41 Å². The van der Waals surface area contributed by atoms with Crippen molar-refractivity contribution in [3.05, 3.63) is 65.7 Å². The van der Waals surface area contributed by atoms with Crippen molar-refractivity contribution in [1.29, 1.82) is 0 Å². The van der Waals surface area contributed by atoms with Crippen LogP contribution in [0.25, 0.3) is 0 Å². The molecule has 0 unspecified atom stereocenters. The topological polar surface area (TPSA) is 95.5 Å². The molecule has 2 aromatic rings. The van der Waals surface area contributed by atoms with E-state index in [0.29, 0.717) is 37.7 Å². The van der Waals surface area contributed by atoms with E-state index in [0.717, 1.165) is 18.4 Å². The highest BCUT2D eigenvalue weighted by Gasteiger charge is 2.60. The highest BCUT2D eigenvalue weighted by molar-refractivity contribution is 5.68. The van der Waals surface area contributed by atoms with Crippen LogP contribution in [0.2, 0.25) is 0 Å². The average molecular weight is 486 g/mol. The van der Waals surface area contributed by atoms with Crippen molar-refractivity contribution in [3.63, 3.8) is 0 Å². The van der Waals surface area contributed by atoms with Crippen LogP contribution in [0.15, 0.2) is 54.6 Å². The summed E-state index contributed by atoms with van der Waals surface area (Å²) in [6.07, 6.45) is 1.29. The largest absolute Gasteiger partial charge is 0.494 e. The Kier molecular flexibility index (Phi) is 7.66. The Morgan fingerprint density at radius 2 is 1.71 bits per heavy atom. The molecule has 0 saturated carbocycles. The van der Waals surface area contributed by atoms with Gasteiger partial charge in [-0.25, -0.2) is 4.79 Å². The summed E-state index contributed by atoms with van der Waals surface area (Å²) < 4.78 is 29.1. The first-order chi connectivity index (χ1) is 16.8. The van der Waals surface area contributed by atoms with Crippen LogP contribution >= 0.6 is 0 Å². The van der Waals surface area contributed by atoms with Gasteiger partial charge in [-0.3, -0.25) is 0 Å². The van der Waals surface area contributed by atoms with Crippen LogP contribution in [0.3, 0.4) is 0 Å². The first-order valence-corrected chi connectivity index (χ1v) is 12.1. The molecule has 3 aliphatic heterocycles. The van der Waals surface area contributed by atoms with Gasteiger partial charge in [-0.15, -0.1) is 0 Å². The zero-order valence-corrected chi connectivity index (χ0v) is 20.6. The number of ether oxygens (including phenoxy) is 5. The normalized spacial score (nSPS) is 25.9. The number of hydrogen-bond donors (Lipinski definition) is 2. The van der Waals surface area contributed by atoms with Crippen LogP contribution < -0.4 is 10.1 Å². The molecular weight excluding hydrogens is 450 g/mol. The number of alkyl carbamates (subject to hydrolysis) is 1. The maximum absolute atomic E-state index is 12.9. The number of nitrogens with one attached hydrogen (secondary N) is 1. The maximum atomic E-state index is 12.9. The Morgan fingerprint density at radius 1 is 1.09 bits per heavy atom. The van der Waals surface area contributed by atoms with Crippen molar-refractivity contribution >= 4 is 6.09 Å². The molecule has 0 aliphatic carbocycles. The van der Waals surface area contributed by atoms with E-state index in [2.05, 4.69) is 12.2 Å². The van der Waals surface area contributed by atoms with Crippen LogP contribution in [0.1, 0.15) is 44.7 Å². The molecule has 3 aliphatic rings. The van der Waals surface area contributed by atoms with Crippen LogP contribution in [0.4, 0.5) is 4.79 Å². The number of carbonyl (C=O) groups excluding carboxylic acids is 1. The third-order valence-corrected chi connectivity index (χ3v) is 6.46. The second-order valence-electron chi connectivity index (χ2n) is 9.79. The van der Waals surface area contributed by atoms with Crippen LogP contribution in [0.5, 0.6) is 5.75 Å². The number of aliphatic hydroxyl groups is 1. The molecule has 5 rings (SSSR count). The third kappa shape index (κ3) is 5.78. The Labute approximate surface area is 206 Å². The number of rotatable bonds is 10. The van der Waals surface area contributed by atoms with Gasteiger partial charge in [0.05, 0.1) is 26.4 Å². The van der Waals surface area contributed by atoms with Crippen molar-refractivity contribution in [3.8, 4) is 5.75 Å². The van der Waals surface area contributed by atoms with E-state index < -0.39 is 23.7 Å². The number of benzene rings is 2. The summed E-state index contributed by atoms with van der Waals surface area (Å²) in [5.41, 5.74) is -0.516. The average Bonchev–Trinajstić information content (AvgIpc) is 2.88. The fourth-order valence-electron chi connectivity index (χ4n) is 4.17. The first-order valence-electron chi connectivity index (χ1n) is 12.1. The lowest BCUT2D eigenvalue weighted by molar-refractivity contribution is -0.482. The molecule has 0 radical (unpaired) electrons. The molecule has 2 N–H and O–H groups in total. The second kappa shape index (κ2) is 10.5. The first kappa shape index (κ1) is 25.4. The lowest BCUT2D eigenvalue weighted by atomic mass is 9.84. The van der Waals surface area contributed by atoms with E-state index in [4.69, 9.17) is 23.7 Å². The minimum absolute atomic E-state index is 0.0823. The fraction of sp³-hybridized carbons (Fsp3) is 0.519. The quantitative estimate of drug-likeness (QED) is 0.489. The molecule has 1 amide bonds. The van der Waals surface area contributed by atoms with Crippen LogP contribution in [0, 0.1) is 5.41 Å². The second-order valence-corrected chi connectivity index (χ2v) is 9.79. The third-order valence-electron chi connectivity index (χ3n) is 6.46. The highest BCUT2D eigenvalue weighted by Crippen LogP contribution is 2.44. The standard InChI is InChI=1S/C27H35NO7/c1-4-5-15-31-22-13-11-21(12-14-22)26(3,30)23(27-33-17-25(2,18-34-27)19-35-27)28-24(29)32-16-20-9-7-6-8-10-20/h6-14,23,30H,4-5,15-19H2,1-3H3,(H,28,29)/t23-,25?,26+,27?/m0/s1. The summed E-state index contributed by atoms with van der Waals surface area (Å²) in [4.78, 5) is 12.9. The van der Waals surface area contributed by atoms with Crippen molar-refractivity contribution in [2.75, 3.05) is 26.4 Å². The van der Waals surface area contributed by atoms with E-state index >= 15 is 0 Å². The van der Waals surface area contributed by atoms with Gasteiger partial charge in [0, 0.05) is 5.41 Å². The highest BCUT2D eigenvalue weighted by atomic mass is 16.9. The molecule has 8 nitrogen and oxygen atoms in total. The van der Waals surface area contributed by atoms with Crippen LogP contribution in [-0.2, 0) is 31.2 Å². The predicted molar refractivity (Wildman–Crippen MR) is 129 cm³/mol. The van der Waals surface area contributed by atoms with E-state index in [1.807, 2.05) is 37.3 Å². The lowest BCUT2D eigenvalue weighted by Crippen LogP contribution is -2.72. The number of hydrogen-bond acceptors (Lipinski definition) is 7. The Hall–Kier alpha value is -2.65. The molecule has 35 heavy (non-hydrogen) atoms. The summed E-state index contributed by atoms with van der Waals surface area (Å²) in [5, 5.41) is 14.5. The molecule has 2 atom stereocenters. The van der Waals surface area contributed by atoms with E-state index in [9.17, 15) is 9.90 Å². The van der Waals surface area contributed by atoms with E-state index in [1.54, 1.807) is 31.2 Å². The SMILES string of the molecule is CCCCOc1ccc([C@@](C)(O)[C@H](NC(=O)OCc2ccccc2)C23OCC(C)(CO2)CO3)cc1. The van der Waals surface area contributed by atoms with Gasteiger partial charge in [0.2, 0.25) is 0 Å². The monoisotopic (exact) mass is 485 g/mol. The van der Waals surface area contributed by atoms with Crippen molar-refractivity contribution in [2.45, 2.75) is 57.8 Å². The van der Waals surface area contributed by atoms with E-state index in [1.165, 1.54) is 0 Å². The van der Waals surface area contributed by atoms with Gasteiger partial charge < -0.3 is 34.1 Å². The zero-order chi connectivity index (χ0) is 24.9. The molecule has 8 heteroatoms. The van der Waals surface area contributed by atoms with Gasteiger partial charge >= 0.3 is 12.1 Å². The molecule has 0 spiro atoms. The molecular formula is C27H35NO7. The number of unbranched alkanes of at least 4 members (excludes halogenated alkanes) is 1. The smallest absolute Gasteiger partial charge is 0.408 e. The van der Waals surface area contributed by atoms with Gasteiger partial charge in [0.25, 0.3) is 0 Å². The zero-order valence-electron chi connectivity index (χ0n) is 20.6. The summed E-state index contributed by atoms with van der Waals surface area (Å²) in [7, 11) is 0. The molecule has 3 saturated heterocycles. The molecule has 2 aromatic carbocycles. The Bertz CT molecular complexity index is 952. The summed E-state index contributed by atoms with van der Waals surface area (Å²) in [5.74, 6) is -0.943. The Morgan fingerprint density at radius 3 is 2.31 bits per heavy atom. The van der Waals surface area contributed by atoms with Gasteiger partial charge in [-0.1, -0.05) is 62.7 Å². The summed E-state index contributed by atoms with van der Waals surface area (Å²) in [6, 6.07) is 15.4. The molecule has 3 heterocycles. The van der Waals surface area contributed by atoms with E-state index in [-0.39, 0.29) is 12.0 Å². The van der Waals surface area contributed by atoms with Gasteiger partial charge in [0.1, 0.15) is 24.0 Å². The van der Waals surface area contributed by atoms with Crippen LogP contribution in [-0.4, -0.2) is 49.6 Å². The molecule has 3 fully saturated rings. The molecule has 0 aromatic heterocycles. The number of amides is 1. The van der Waals surface area contributed by atoms with Crippen molar-refractivity contribution < 1.29 is 33.6 Å². The molecule has 2 bridgehead atoms.